The van der Waals surface area contributed by atoms with Crippen LogP contribution in [0, 0.1) is 29.1 Å². The first kappa shape index (κ1) is 12.4. The normalized spacial score (nSPS) is 52.1. The van der Waals surface area contributed by atoms with Gasteiger partial charge >= 0.3 is 0 Å². The molecule has 2 rings (SSSR count). The second-order valence-electron chi connectivity index (χ2n) is 7.37. The van der Waals surface area contributed by atoms with E-state index in [1.165, 1.54) is 19.3 Å². The Bertz CT molecular complexity index is 267. The van der Waals surface area contributed by atoms with Gasteiger partial charge in [-0.25, -0.2) is 0 Å². The maximum Gasteiger partial charge on any atom is 0.0648 e. The summed E-state index contributed by atoms with van der Waals surface area (Å²) in [7, 11) is 0. The van der Waals surface area contributed by atoms with Crippen molar-refractivity contribution in [3.8, 4) is 0 Å². The minimum absolute atomic E-state index is 0.428. The molecule has 2 saturated carbocycles. The summed E-state index contributed by atoms with van der Waals surface area (Å²) >= 11 is 0. The van der Waals surface area contributed by atoms with E-state index in [0.717, 1.165) is 24.2 Å². The molecule has 0 radical (unpaired) electrons. The molecule has 1 nitrogen and oxygen atoms in total. The summed E-state index contributed by atoms with van der Waals surface area (Å²) < 4.78 is 0. The molecule has 0 aromatic carbocycles. The van der Waals surface area contributed by atoms with Crippen molar-refractivity contribution in [2.24, 2.45) is 29.1 Å². The van der Waals surface area contributed by atoms with E-state index in [-0.39, 0.29) is 0 Å². The van der Waals surface area contributed by atoms with Gasteiger partial charge in [0.15, 0.2) is 0 Å². The molecule has 1 heteroatoms. The molecule has 2 aliphatic rings. The Labute approximate surface area is 101 Å². The smallest absolute Gasteiger partial charge is 0.0648 e. The van der Waals surface area contributed by atoms with Gasteiger partial charge in [0.2, 0.25) is 0 Å². The summed E-state index contributed by atoms with van der Waals surface area (Å²) in [5.41, 5.74) is 0.0603. The lowest BCUT2D eigenvalue weighted by atomic mass is 9.50. The molecule has 0 heterocycles. The molecule has 16 heavy (non-hydrogen) atoms. The molecular formula is C15H28O. The zero-order valence-electron chi connectivity index (χ0n) is 11.6. The number of rotatable bonds is 0. The minimum atomic E-state index is -0.428. The van der Waals surface area contributed by atoms with Crippen molar-refractivity contribution in [2.45, 2.75) is 65.9 Å². The second-order valence-corrected chi connectivity index (χ2v) is 7.37. The summed E-state index contributed by atoms with van der Waals surface area (Å²) in [6.07, 6.45) is 4.92. The van der Waals surface area contributed by atoms with Crippen LogP contribution >= 0.6 is 0 Å². The van der Waals surface area contributed by atoms with Crippen LogP contribution in [0.1, 0.15) is 60.3 Å². The molecule has 5 unspecified atom stereocenters. The molecule has 1 N–H and O–H groups in total. The summed E-state index contributed by atoms with van der Waals surface area (Å²) in [4.78, 5) is 0. The highest BCUT2D eigenvalue weighted by atomic mass is 16.3. The summed E-state index contributed by atoms with van der Waals surface area (Å²) in [5, 5.41) is 10.5. The van der Waals surface area contributed by atoms with Gasteiger partial charge in [0.05, 0.1) is 5.60 Å². The molecule has 0 saturated heterocycles. The van der Waals surface area contributed by atoms with Gasteiger partial charge in [-0.05, 0) is 61.7 Å². The topological polar surface area (TPSA) is 20.2 Å². The SMILES string of the molecule is CC1CCC(C)(C)C2CCC(C)(O)C(C)C12. The molecule has 0 aromatic heterocycles. The minimum Gasteiger partial charge on any atom is -0.390 e. The van der Waals surface area contributed by atoms with Crippen LogP contribution in [0.25, 0.3) is 0 Å². The first-order chi connectivity index (χ1) is 7.26. The number of hydrogen-bond donors (Lipinski definition) is 1. The van der Waals surface area contributed by atoms with Gasteiger partial charge in [0.1, 0.15) is 0 Å². The van der Waals surface area contributed by atoms with Crippen molar-refractivity contribution >= 4 is 0 Å². The van der Waals surface area contributed by atoms with Gasteiger partial charge < -0.3 is 5.11 Å². The average molecular weight is 224 g/mol. The van der Waals surface area contributed by atoms with Gasteiger partial charge in [-0.3, -0.25) is 0 Å². The van der Waals surface area contributed by atoms with E-state index in [0.29, 0.717) is 11.3 Å². The van der Waals surface area contributed by atoms with Gasteiger partial charge in [0.25, 0.3) is 0 Å². The molecule has 0 amide bonds. The van der Waals surface area contributed by atoms with E-state index in [9.17, 15) is 5.11 Å². The van der Waals surface area contributed by atoms with Crippen LogP contribution in [0.15, 0.2) is 0 Å². The van der Waals surface area contributed by atoms with Gasteiger partial charge in [0, 0.05) is 0 Å². The Balaban J connectivity index is 2.28. The third kappa shape index (κ3) is 1.81. The molecule has 0 aliphatic heterocycles. The molecule has 2 aliphatic carbocycles. The number of aliphatic hydroxyl groups is 1. The standard InChI is InChI=1S/C15H28O/c1-10-6-8-14(3,4)12-7-9-15(5,16)11(2)13(10)12/h10-13,16H,6-9H2,1-5H3. The lowest BCUT2D eigenvalue weighted by Gasteiger charge is -2.56. The third-order valence-electron chi connectivity index (χ3n) is 5.89. The Morgan fingerprint density at radius 3 is 2.25 bits per heavy atom. The molecule has 0 aromatic rings. The maximum atomic E-state index is 10.5. The zero-order valence-corrected chi connectivity index (χ0v) is 11.6. The first-order valence-electron chi connectivity index (χ1n) is 6.98. The highest BCUT2D eigenvalue weighted by molar-refractivity contribution is 5.01. The van der Waals surface area contributed by atoms with Crippen LogP contribution in [0.2, 0.25) is 0 Å². The van der Waals surface area contributed by atoms with Crippen molar-refractivity contribution in [1.82, 2.24) is 0 Å². The molecule has 94 valence electrons. The van der Waals surface area contributed by atoms with Crippen molar-refractivity contribution in [2.75, 3.05) is 0 Å². The Morgan fingerprint density at radius 1 is 1.00 bits per heavy atom. The monoisotopic (exact) mass is 224 g/mol. The summed E-state index contributed by atoms with van der Waals surface area (Å²) in [5.74, 6) is 2.81. The first-order valence-corrected chi connectivity index (χ1v) is 6.98. The predicted molar refractivity (Wildman–Crippen MR) is 68.2 cm³/mol. The highest BCUT2D eigenvalue weighted by Gasteiger charge is 2.51. The summed E-state index contributed by atoms with van der Waals surface area (Å²) in [6, 6.07) is 0. The van der Waals surface area contributed by atoms with Crippen molar-refractivity contribution in [3.05, 3.63) is 0 Å². The molecular weight excluding hydrogens is 196 g/mol. The van der Waals surface area contributed by atoms with Gasteiger partial charge in [-0.15, -0.1) is 0 Å². The highest BCUT2D eigenvalue weighted by Crippen LogP contribution is 2.56. The van der Waals surface area contributed by atoms with Crippen molar-refractivity contribution in [1.29, 1.82) is 0 Å². The third-order valence-corrected chi connectivity index (χ3v) is 5.89. The fraction of sp³-hybridized carbons (Fsp3) is 1.00. The van der Waals surface area contributed by atoms with Gasteiger partial charge in [-0.1, -0.05) is 27.7 Å². The Kier molecular flexibility index (Phi) is 2.89. The lowest BCUT2D eigenvalue weighted by molar-refractivity contribution is -0.128. The van der Waals surface area contributed by atoms with E-state index in [2.05, 4.69) is 27.7 Å². The predicted octanol–water partition coefficient (Wildman–Crippen LogP) is 3.86. The second kappa shape index (κ2) is 3.73. The Hall–Kier alpha value is -0.0400. The van der Waals surface area contributed by atoms with E-state index in [4.69, 9.17) is 0 Å². The Morgan fingerprint density at radius 2 is 1.62 bits per heavy atom. The van der Waals surface area contributed by atoms with E-state index in [1.54, 1.807) is 0 Å². The fourth-order valence-electron chi connectivity index (χ4n) is 4.41. The van der Waals surface area contributed by atoms with Crippen LogP contribution in [0.3, 0.4) is 0 Å². The quantitative estimate of drug-likeness (QED) is 0.662. The molecule has 0 bridgehead atoms. The molecule has 5 atom stereocenters. The van der Waals surface area contributed by atoms with Crippen LogP contribution in [0.4, 0.5) is 0 Å². The zero-order chi connectivity index (χ0) is 12.1. The van der Waals surface area contributed by atoms with Crippen molar-refractivity contribution < 1.29 is 5.11 Å². The van der Waals surface area contributed by atoms with E-state index in [1.807, 2.05) is 6.92 Å². The van der Waals surface area contributed by atoms with Crippen LogP contribution < -0.4 is 0 Å². The van der Waals surface area contributed by atoms with Crippen molar-refractivity contribution in [3.63, 3.8) is 0 Å². The van der Waals surface area contributed by atoms with Crippen LogP contribution in [0.5, 0.6) is 0 Å². The largest absolute Gasteiger partial charge is 0.390 e. The molecule has 0 spiro atoms. The average Bonchev–Trinajstić information content (AvgIpc) is 2.17. The fourth-order valence-corrected chi connectivity index (χ4v) is 4.41. The van der Waals surface area contributed by atoms with E-state index < -0.39 is 5.60 Å². The number of fused-ring (bicyclic) bond motifs is 1. The van der Waals surface area contributed by atoms with Gasteiger partial charge in [-0.2, -0.15) is 0 Å². The van der Waals surface area contributed by atoms with Crippen LogP contribution in [-0.2, 0) is 0 Å². The lowest BCUT2D eigenvalue weighted by Crippen LogP contribution is -2.52. The van der Waals surface area contributed by atoms with E-state index >= 15 is 0 Å². The van der Waals surface area contributed by atoms with Crippen LogP contribution in [-0.4, -0.2) is 10.7 Å². The summed E-state index contributed by atoms with van der Waals surface area (Å²) in [6.45, 7) is 11.6. The number of hydrogen-bond acceptors (Lipinski definition) is 1. The molecule has 2 fully saturated rings. The maximum absolute atomic E-state index is 10.5.